The minimum atomic E-state index is 0. The van der Waals surface area contributed by atoms with Crippen molar-refractivity contribution in [3.05, 3.63) is 0 Å². The number of hydrazine groups is 3. The second-order valence-corrected chi connectivity index (χ2v) is 3.22. The van der Waals surface area contributed by atoms with E-state index >= 15 is 0 Å². The molecule has 4 N–H and O–H groups in total. The number of nitrogens with one attached hydrogen (secondary N) is 4. The van der Waals surface area contributed by atoms with Crippen molar-refractivity contribution in [2.24, 2.45) is 0 Å². The van der Waals surface area contributed by atoms with Crippen LogP contribution in [0.25, 0.3) is 0 Å². The maximum atomic E-state index is 3.08. The smallest absolute Gasteiger partial charge is 0.0113 e. The van der Waals surface area contributed by atoms with E-state index in [1.807, 2.05) is 0 Å². The molecule has 8 heteroatoms. The molecule has 1 rings (SSSR count). The summed E-state index contributed by atoms with van der Waals surface area (Å²) < 4.78 is 0. The van der Waals surface area contributed by atoms with Crippen LogP contribution in [0.3, 0.4) is 0 Å². The second kappa shape index (κ2) is 21.3. The number of hydrogen-bond acceptors (Lipinski definition) is 4. The molecule has 0 atom stereocenters. The van der Waals surface area contributed by atoms with E-state index in [1.54, 1.807) is 0 Å². The Bertz CT molecular complexity index is 67.0. The standard InChI is InChI=1S/C8H20N4.4ClH/c1-2-4-6-8-10-12-11-9-7-5-3-1;;;;/h9-12H,1-8H2;4*1H. The zero-order valence-corrected chi connectivity index (χ0v) is 12.6. The second-order valence-electron chi connectivity index (χ2n) is 3.22. The average molecular weight is 318 g/mol. The molecule has 0 unspecified atom stereocenters. The van der Waals surface area contributed by atoms with Crippen molar-refractivity contribution >= 4 is 49.6 Å². The predicted octanol–water partition coefficient (Wildman–Crippen LogP) is 2.13. The van der Waals surface area contributed by atoms with Crippen LogP contribution in [0.5, 0.6) is 0 Å². The molecule has 1 heterocycles. The van der Waals surface area contributed by atoms with Gasteiger partial charge in [-0.3, -0.25) is 0 Å². The molecule has 0 amide bonds. The number of rotatable bonds is 0. The van der Waals surface area contributed by atoms with E-state index in [2.05, 4.69) is 21.9 Å². The third kappa shape index (κ3) is 17.4. The third-order valence-electron chi connectivity index (χ3n) is 2.09. The predicted molar refractivity (Wildman–Crippen MR) is 79.0 cm³/mol. The fourth-order valence-corrected chi connectivity index (χ4v) is 1.35. The highest BCUT2D eigenvalue weighted by Gasteiger charge is 1.93. The molecular weight excluding hydrogens is 294 g/mol. The van der Waals surface area contributed by atoms with Crippen LogP contribution in [0, 0.1) is 0 Å². The van der Waals surface area contributed by atoms with Gasteiger partial charge in [0.05, 0.1) is 0 Å². The molecule has 0 radical (unpaired) electrons. The molecule has 1 saturated heterocycles. The minimum Gasteiger partial charge on any atom is -0.243 e. The Balaban J connectivity index is -0.000000180. The summed E-state index contributed by atoms with van der Waals surface area (Å²) in [6.07, 6.45) is 7.98. The van der Waals surface area contributed by atoms with Gasteiger partial charge in [0.1, 0.15) is 0 Å². The maximum absolute atomic E-state index is 3.08. The van der Waals surface area contributed by atoms with E-state index in [4.69, 9.17) is 0 Å². The highest BCUT2D eigenvalue weighted by Crippen LogP contribution is 2.04. The van der Waals surface area contributed by atoms with E-state index in [9.17, 15) is 0 Å². The lowest BCUT2D eigenvalue weighted by molar-refractivity contribution is 0.354. The van der Waals surface area contributed by atoms with Crippen LogP contribution in [0.1, 0.15) is 38.5 Å². The Labute approximate surface area is 123 Å². The van der Waals surface area contributed by atoms with Crippen molar-refractivity contribution in [1.82, 2.24) is 21.9 Å². The molecule has 1 aliphatic rings. The van der Waals surface area contributed by atoms with E-state index in [-0.39, 0.29) is 49.6 Å². The van der Waals surface area contributed by atoms with Crippen LogP contribution < -0.4 is 21.9 Å². The van der Waals surface area contributed by atoms with Crippen molar-refractivity contribution < 1.29 is 0 Å². The van der Waals surface area contributed by atoms with Gasteiger partial charge in [-0.15, -0.1) is 49.6 Å². The van der Waals surface area contributed by atoms with Gasteiger partial charge in [-0.2, -0.15) is 11.1 Å². The monoisotopic (exact) mass is 316 g/mol. The first-order valence-electron chi connectivity index (χ1n) is 4.96. The Morgan fingerprint density at radius 3 is 1.12 bits per heavy atom. The number of hydrogen-bond donors (Lipinski definition) is 4. The minimum absolute atomic E-state index is 0. The van der Waals surface area contributed by atoms with Gasteiger partial charge in [0.2, 0.25) is 0 Å². The van der Waals surface area contributed by atoms with Gasteiger partial charge in [0, 0.05) is 13.1 Å². The van der Waals surface area contributed by atoms with E-state index in [1.165, 1.54) is 38.5 Å². The maximum Gasteiger partial charge on any atom is 0.0113 e. The molecule has 1 aliphatic heterocycles. The van der Waals surface area contributed by atoms with Crippen LogP contribution in [0.4, 0.5) is 0 Å². The summed E-state index contributed by atoms with van der Waals surface area (Å²) in [5.74, 6) is 0. The molecular formula is C8H24Cl4N4. The molecule has 0 saturated carbocycles. The Morgan fingerprint density at radius 2 is 0.750 bits per heavy atom. The van der Waals surface area contributed by atoms with Gasteiger partial charge in [0.15, 0.2) is 0 Å². The number of halogens is 4. The summed E-state index contributed by atoms with van der Waals surface area (Å²) in [4.78, 5) is 0. The van der Waals surface area contributed by atoms with Gasteiger partial charge in [-0.05, 0) is 12.8 Å². The summed E-state index contributed by atoms with van der Waals surface area (Å²) in [6, 6.07) is 0. The van der Waals surface area contributed by atoms with E-state index in [0.29, 0.717) is 0 Å². The lowest BCUT2D eigenvalue weighted by Crippen LogP contribution is -2.51. The molecule has 0 aromatic carbocycles. The first-order chi connectivity index (χ1) is 6.00. The van der Waals surface area contributed by atoms with Crippen molar-refractivity contribution in [3.8, 4) is 0 Å². The first-order valence-corrected chi connectivity index (χ1v) is 4.96. The molecule has 0 aromatic rings. The molecule has 4 nitrogen and oxygen atoms in total. The van der Waals surface area contributed by atoms with Gasteiger partial charge in [-0.1, -0.05) is 25.7 Å². The van der Waals surface area contributed by atoms with Gasteiger partial charge in [-0.25, -0.2) is 10.9 Å². The van der Waals surface area contributed by atoms with Gasteiger partial charge in [0.25, 0.3) is 0 Å². The highest BCUT2D eigenvalue weighted by molar-refractivity contribution is 5.86. The molecule has 0 aliphatic carbocycles. The lowest BCUT2D eigenvalue weighted by Gasteiger charge is -2.11. The first kappa shape index (κ1) is 25.8. The molecule has 1 fully saturated rings. The van der Waals surface area contributed by atoms with Crippen LogP contribution in [-0.4, -0.2) is 13.1 Å². The summed E-state index contributed by atoms with van der Waals surface area (Å²) in [5, 5.41) is 0. The zero-order valence-electron chi connectivity index (χ0n) is 9.29. The third-order valence-corrected chi connectivity index (χ3v) is 2.09. The lowest BCUT2D eigenvalue weighted by atomic mass is 10.1. The molecule has 16 heavy (non-hydrogen) atoms. The normalized spacial score (nSPS) is 18.0. The quantitative estimate of drug-likeness (QED) is 0.553. The Hall–Kier alpha value is 1.00. The zero-order chi connectivity index (χ0) is 8.49. The summed E-state index contributed by atoms with van der Waals surface area (Å²) in [7, 11) is 0. The topological polar surface area (TPSA) is 48.1 Å². The van der Waals surface area contributed by atoms with Crippen molar-refractivity contribution in [1.29, 1.82) is 0 Å². The van der Waals surface area contributed by atoms with Crippen molar-refractivity contribution in [2.75, 3.05) is 13.1 Å². The summed E-state index contributed by atoms with van der Waals surface area (Å²) >= 11 is 0. The van der Waals surface area contributed by atoms with Crippen LogP contribution in [-0.2, 0) is 0 Å². The molecule has 104 valence electrons. The summed E-state index contributed by atoms with van der Waals surface area (Å²) in [6.45, 7) is 2.07. The average Bonchev–Trinajstić information content (AvgIpc) is 2.05. The van der Waals surface area contributed by atoms with Crippen LogP contribution in [0.2, 0.25) is 0 Å². The summed E-state index contributed by atoms with van der Waals surface area (Å²) in [5.41, 5.74) is 11.9. The van der Waals surface area contributed by atoms with Crippen LogP contribution in [0.15, 0.2) is 0 Å². The van der Waals surface area contributed by atoms with E-state index < -0.39 is 0 Å². The Kier molecular flexibility index (Phi) is 34.3. The fraction of sp³-hybridized carbons (Fsp3) is 1.00. The van der Waals surface area contributed by atoms with Gasteiger partial charge < -0.3 is 0 Å². The molecule has 0 bridgehead atoms. The Morgan fingerprint density at radius 1 is 0.438 bits per heavy atom. The molecule has 0 aromatic heterocycles. The van der Waals surface area contributed by atoms with E-state index in [0.717, 1.165) is 13.1 Å². The van der Waals surface area contributed by atoms with Crippen molar-refractivity contribution in [3.63, 3.8) is 0 Å². The highest BCUT2D eigenvalue weighted by atomic mass is 35.5. The fourth-order valence-electron chi connectivity index (χ4n) is 1.35. The van der Waals surface area contributed by atoms with Crippen LogP contribution >= 0.6 is 49.6 Å². The van der Waals surface area contributed by atoms with Crippen molar-refractivity contribution in [2.45, 2.75) is 38.5 Å². The SMILES string of the molecule is C1CCCCNNNNCCC1.Cl.Cl.Cl.Cl. The molecule has 0 spiro atoms. The van der Waals surface area contributed by atoms with Gasteiger partial charge >= 0.3 is 0 Å². The largest absolute Gasteiger partial charge is 0.243 e.